The number of ether oxygens (including phenoxy) is 1. The quantitative estimate of drug-likeness (QED) is 0.775. The molecule has 1 nitrogen and oxygen atoms in total. The first-order valence-corrected chi connectivity index (χ1v) is 5.93. The van der Waals surface area contributed by atoms with Crippen LogP contribution in [0.15, 0.2) is 35.7 Å². The summed E-state index contributed by atoms with van der Waals surface area (Å²) in [5.41, 5.74) is 1.11. The van der Waals surface area contributed by atoms with Crippen molar-refractivity contribution in [3.63, 3.8) is 0 Å². The molecule has 0 aliphatic carbocycles. The van der Waals surface area contributed by atoms with Gasteiger partial charge < -0.3 is 4.74 Å². The van der Waals surface area contributed by atoms with Gasteiger partial charge in [0.2, 0.25) is 0 Å². The molecule has 2 rings (SSSR count). The van der Waals surface area contributed by atoms with E-state index in [-0.39, 0.29) is 0 Å². The first kappa shape index (κ1) is 10.5. The van der Waals surface area contributed by atoms with E-state index in [1.54, 1.807) is 11.3 Å². The third-order valence-corrected chi connectivity index (χ3v) is 3.19. The minimum Gasteiger partial charge on any atom is -0.488 e. The molecule has 0 aliphatic heterocycles. The van der Waals surface area contributed by atoms with E-state index in [2.05, 4.69) is 6.07 Å². The van der Waals surface area contributed by atoms with Crippen molar-refractivity contribution in [1.82, 2.24) is 0 Å². The maximum absolute atomic E-state index is 5.90. The summed E-state index contributed by atoms with van der Waals surface area (Å²) in [7, 11) is 0. The van der Waals surface area contributed by atoms with Crippen LogP contribution in [-0.4, -0.2) is 0 Å². The van der Waals surface area contributed by atoms with Crippen LogP contribution in [0.3, 0.4) is 0 Å². The van der Waals surface area contributed by atoms with Crippen LogP contribution in [0.2, 0.25) is 5.02 Å². The summed E-state index contributed by atoms with van der Waals surface area (Å²) in [6.07, 6.45) is 0. The van der Waals surface area contributed by atoms with E-state index < -0.39 is 0 Å². The minimum atomic E-state index is 0.610. The van der Waals surface area contributed by atoms with Gasteiger partial charge in [0.15, 0.2) is 0 Å². The third-order valence-electron chi connectivity index (χ3n) is 2.10. The topological polar surface area (TPSA) is 9.23 Å². The van der Waals surface area contributed by atoms with Gasteiger partial charge in [-0.2, -0.15) is 0 Å². The van der Waals surface area contributed by atoms with E-state index in [1.807, 2.05) is 36.6 Å². The smallest absolute Gasteiger partial charge is 0.124 e. The molecule has 1 aromatic carbocycles. The number of hydrogen-bond donors (Lipinski definition) is 0. The molecule has 0 bridgehead atoms. The fourth-order valence-corrected chi connectivity index (χ4v) is 2.05. The summed E-state index contributed by atoms with van der Waals surface area (Å²) in [4.78, 5) is 1.22. The van der Waals surface area contributed by atoms with Crippen LogP contribution < -0.4 is 4.74 Å². The van der Waals surface area contributed by atoms with Crippen molar-refractivity contribution in [3.8, 4) is 5.75 Å². The molecule has 0 saturated carbocycles. The second kappa shape index (κ2) is 4.69. The molecule has 78 valence electrons. The molecule has 0 fully saturated rings. The predicted octanol–water partition coefficient (Wildman–Crippen LogP) is 4.29. The highest BCUT2D eigenvalue weighted by molar-refractivity contribution is 7.09. The molecule has 0 N–H and O–H groups in total. The van der Waals surface area contributed by atoms with Crippen LogP contribution in [0.5, 0.6) is 5.75 Å². The number of hydrogen-bond acceptors (Lipinski definition) is 2. The Hall–Kier alpha value is -0.990. The first-order valence-electron chi connectivity index (χ1n) is 4.67. The number of rotatable bonds is 3. The second-order valence-electron chi connectivity index (χ2n) is 3.28. The Kier molecular flexibility index (Phi) is 3.29. The molecule has 0 spiro atoms. The van der Waals surface area contributed by atoms with Crippen LogP contribution in [0.25, 0.3) is 0 Å². The van der Waals surface area contributed by atoms with Gasteiger partial charge in [-0.25, -0.2) is 0 Å². The highest BCUT2D eigenvalue weighted by atomic mass is 35.5. The standard InChI is InChI=1S/C12H11ClOS/c1-9-4-5-10(13)7-12(9)14-8-11-3-2-6-15-11/h2-7H,8H2,1H3. The molecule has 0 amide bonds. The Morgan fingerprint density at radius 3 is 2.93 bits per heavy atom. The summed E-state index contributed by atoms with van der Waals surface area (Å²) in [6, 6.07) is 9.77. The average molecular weight is 239 g/mol. The van der Waals surface area contributed by atoms with Gasteiger partial charge in [-0.05, 0) is 36.1 Å². The Labute approximate surface area is 98.3 Å². The maximum Gasteiger partial charge on any atom is 0.124 e. The van der Waals surface area contributed by atoms with E-state index in [4.69, 9.17) is 16.3 Å². The van der Waals surface area contributed by atoms with E-state index >= 15 is 0 Å². The molecular weight excluding hydrogens is 228 g/mol. The zero-order valence-corrected chi connectivity index (χ0v) is 9.94. The summed E-state index contributed by atoms with van der Waals surface area (Å²) >= 11 is 7.59. The fourth-order valence-electron chi connectivity index (χ4n) is 1.27. The SMILES string of the molecule is Cc1ccc(Cl)cc1OCc1cccs1. The van der Waals surface area contributed by atoms with Gasteiger partial charge in [-0.3, -0.25) is 0 Å². The molecule has 0 atom stereocenters. The van der Waals surface area contributed by atoms with Crippen LogP contribution in [0.1, 0.15) is 10.4 Å². The highest BCUT2D eigenvalue weighted by Gasteiger charge is 2.01. The largest absolute Gasteiger partial charge is 0.488 e. The van der Waals surface area contributed by atoms with Gasteiger partial charge in [-0.15, -0.1) is 11.3 Å². The summed E-state index contributed by atoms with van der Waals surface area (Å²) in [5, 5.41) is 2.76. The second-order valence-corrected chi connectivity index (χ2v) is 4.75. The lowest BCUT2D eigenvalue weighted by atomic mass is 10.2. The average Bonchev–Trinajstić information content (AvgIpc) is 2.72. The van der Waals surface area contributed by atoms with Gasteiger partial charge in [0.05, 0.1) is 0 Å². The Morgan fingerprint density at radius 2 is 2.20 bits per heavy atom. The van der Waals surface area contributed by atoms with Crippen molar-refractivity contribution in [3.05, 3.63) is 51.2 Å². The van der Waals surface area contributed by atoms with Crippen molar-refractivity contribution in [2.75, 3.05) is 0 Å². The van der Waals surface area contributed by atoms with Gasteiger partial charge in [-0.1, -0.05) is 23.7 Å². The molecule has 1 aromatic heterocycles. The van der Waals surface area contributed by atoms with E-state index in [9.17, 15) is 0 Å². The molecule has 3 heteroatoms. The van der Waals surface area contributed by atoms with Crippen LogP contribution >= 0.6 is 22.9 Å². The molecule has 0 radical (unpaired) electrons. The summed E-state index contributed by atoms with van der Waals surface area (Å²) in [6.45, 7) is 2.62. The van der Waals surface area contributed by atoms with Crippen molar-refractivity contribution >= 4 is 22.9 Å². The fraction of sp³-hybridized carbons (Fsp3) is 0.167. The molecule has 2 aromatic rings. The van der Waals surface area contributed by atoms with Crippen molar-refractivity contribution < 1.29 is 4.74 Å². The van der Waals surface area contributed by atoms with Crippen LogP contribution in [0.4, 0.5) is 0 Å². The van der Waals surface area contributed by atoms with Gasteiger partial charge in [0.25, 0.3) is 0 Å². The summed E-state index contributed by atoms with van der Waals surface area (Å²) < 4.78 is 5.69. The predicted molar refractivity (Wildman–Crippen MR) is 64.8 cm³/mol. The highest BCUT2D eigenvalue weighted by Crippen LogP contribution is 2.24. The Morgan fingerprint density at radius 1 is 1.33 bits per heavy atom. The lowest BCUT2D eigenvalue weighted by Crippen LogP contribution is -1.94. The number of aryl methyl sites for hydroxylation is 1. The minimum absolute atomic E-state index is 0.610. The van der Waals surface area contributed by atoms with Crippen LogP contribution in [-0.2, 0) is 6.61 Å². The molecule has 0 unspecified atom stereocenters. The normalized spacial score (nSPS) is 10.3. The van der Waals surface area contributed by atoms with Gasteiger partial charge >= 0.3 is 0 Å². The number of thiophene rings is 1. The molecular formula is C12H11ClOS. The van der Waals surface area contributed by atoms with Gasteiger partial charge in [0.1, 0.15) is 12.4 Å². The molecule has 1 heterocycles. The lowest BCUT2D eigenvalue weighted by molar-refractivity contribution is 0.307. The van der Waals surface area contributed by atoms with Crippen molar-refractivity contribution in [1.29, 1.82) is 0 Å². The molecule has 15 heavy (non-hydrogen) atoms. The summed E-state index contributed by atoms with van der Waals surface area (Å²) in [5.74, 6) is 0.857. The number of halogens is 1. The zero-order chi connectivity index (χ0) is 10.7. The third kappa shape index (κ3) is 2.74. The zero-order valence-electron chi connectivity index (χ0n) is 8.37. The van der Waals surface area contributed by atoms with Crippen LogP contribution in [0, 0.1) is 6.92 Å². The Bertz CT molecular complexity index is 437. The van der Waals surface area contributed by atoms with Crippen molar-refractivity contribution in [2.45, 2.75) is 13.5 Å². The van der Waals surface area contributed by atoms with Gasteiger partial charge in [0, 0.05) is 9.90 Å². The van der Waals surface area contributed by atoms with E-state index in [1.165, 1.54) is 4.88 Å². The molecule has 0 aliphatic rings. The first-order chi connectivity index (χ1) is 7.25. The van der Waals surface area contributed by atoms with Crippen molar-refractivity contribution in [2.24, 2.45) is 0 Å². The van der Waals surface area contributed by atoms with E-state index in [0.717, 1.165) is 11.3 Å². The van der Waals surface area contributed by atoms with E-state index in [0.29, 0.717) is 11.6 Å². The maximum atomic E-state index is 5.90. The molecule has 0 saturated heterocycles. The lowest BCUT2D eigenvalue weighted by Gasteiger charge is -2.08. The Balaban J connectivity index is 2.07. The monoisotopic (exact) mass is 238 g/mol. The number of benzene rings is 1.